The van der Waals surface area contributed by atoms with E-state index in [1.54, 1.807) is 0 Å². The van der Waals surface area contributed by atoms with Gasteiger partial charge in [-0.15, -0.1) is 0 Å². The van der Waals surface area contributed by atoms with Crippen LogP contribution in [-0.2, 0) is 20.6 Å². The Bertz CT molecular complexity index is 107. The van der Waals surface area contributed by atoms with Crippen molar-refractivity contribution in [2.75, 3.05) is 32.2 Å². The molecule has 0 spiro atoms. The molecule has 0 aliphatic carbocycles. The molecule has 11 heavy (non-hydrogen) atoms. The molecule has 68 valence electrons. The molecule has 0 heterocycles. The third-order valence-electron chi connectivity index (χ3n) is 0.978. The molecule has 0 bridgehead atoms. The second kappa shape index (κ2) is 8.13. The zero-order valence-corrected chi connectivity index (χ0v) is 7.43. The zero-order valence-electron chi connectivity index (χ0n) is 6.62. The lowest BCUT2D eigenvalue weighted by Crippen LogP contribution is -2.09. The first-order valence-electron chi connectivity index (χ1n) is 3.50. The molecule has 4 nitrogen and oxygen atoms in total. The van der Waals surface area contributed by atoms with Crippen molar-refractivity contribution in [1.29, 1.82) is 0 Å². The van der Waals surface area contributed by atoms with Crippen LogP contribution in [0.25, 0.3) is 0 Å². The Morgan fingerprint density at radius 2 is 1.91 bits per heavy atom. The van der Waals surface area contributed by atoms with Gasteiger partial charge in [0.25, 0.3) is 0 Å². The predicted octanol–water partition coefficient (Wildman–Crippen LogP) is 0.261. The average Bonchev–Trinajstić information content (AvgIpc) is 1.96. The Balaban J connectivity index is 2.85. The highest BCUT2D eigenvalue weighted by atomic mass is 32.2. The van der Waals surface area contributed by atoms with Crippen LogP contribution >= 0.6 is 0 Å². The Kier molecular flexibility index (Phi) is 8.15. The second-order valence-electron chi connectivity index (χ2n) is 1.83. The Morgan fingerprint density at radius 1 is 1.27 bits per heavy atom. The van der Waals surface area contributed by atoms with E-state index in [4.69, 9.17) is 14.0 Å². The van der Waals surface area contributed by atoms with Gasteiger partial charge < -0.3 is 14.0 Å². The maximum absolute atomic E-state index is 10.1. The van der Waals surface area contributed by atoms with Gasteiger partial charge in [0.15, 0.2) is 11.1 Å². The third kappa shape index (κ3) is 10.0. The van der Waals surface area contributed by atoms with Crippen molar-refractivity contribution < 1.29 is 18.2 Å². The van der Waals surface area contributed by atoms with Crippen LogP contribution in [0, 0.1) is 0 Å². The van der Waals surface area contributed by atoms with Gasteiger partial charge in [-0.2, -0.15) is 0 Å². The lowest BCUT2D eigenvalue weighted by Gasteiger charge is -2.01. The maximum Gasteiger partial charge on any atom is 0.155 e. The van der Waals surface area contributed by atoms with Gasteiger partial charge in [0.1, 0.15) is 0 Å². The molecule has 0 aromatic rings. The van der Waals surface area contributed by atoms with E-state index >= 15 is 0 Å². The standard InChI is InChI=1S/C6H14O4S/c1-2-9-3-4-10-5-6-11(7)8/h2-6H2,1H3,(H,7,8). The van der Waals surface area contributed by atoms with Gasteiger partial charge in [-0.25, -0.2) is 4.21 Å². The van der Waals surface area contributed by atoms with Crippen LogP contribution in [0.2, 0.25) is 0 Å². The number of hydrogen-bond acceptors (Lipinski definition) is 3. The van der Waals surface area contributed by atoms with E-state index in [1.807, 2.05) is 6.92 Å². The van der Waals surface area contributed by atoms with Crippen molar-refractivity contribution in [1.82, 2.24) is 0 Å². The number of ether oxygens (including phenoxy) is 2. The Hall–Kier alpha value is 0.0300. The monoisotopic (exact) mass is 182 g/mol. The van der Waals surface area contributed by atoms with E-state index in [2.05, 4.69) is 0 Å². The smallest absolute Gasteiger partial charge is 0.155 e. The van der Waals surface area contributed by atoms with Gasteiger partial charge >= 0.3 is 0 Å². The van der Waals surface area contributed by atoms with Crippen molar-refractivity contribution in [3.63, 3.8) is 0 Å². The van der Waals surface area contributed by atoms with E-state index in [0.717, 1.165) is 0 Å². The van der Waals surface area contributed by atoms with Gasteiger partial charge in [0.05, 0.1) is 25.6 Å². The summed E-state index contributed by atoms with van der Waals surface area (Å²) in [5, 5.41) is 0. The van der Waals surface area contributed by atoms with Crippen LogP contribution < -0.4 is 0 Å². The van der Waals surface area contributed by atoms with Crippen molar-refractivity contribution in [2.24, 2.45) is 0 Å². The van der Waals surface area contributed by atoms with Gasteiger partial charge in [-0.1, -0.05) is 0 Å². The van der Waals surface area contributed by atoms with Crippen molar-refractivity contribution in [2.45, 2.75) is 6.92 Å². The summed E-state index contributed by atoms with van der Waals surface area (Å²) >= 11 is -1.74. The summed E-state index contributed by atoms with van der Waals surface area (Å²) in [6.45, 7) is 3.94. The van der Waals surface area contributed by atoms with E-state index in [0.29, 0.717) is 26.4 Å². The fourth-order valence-electron chi connectivity index (χ4n) is 0.494. The van der Waals surface area contributed by atoms with Crippen LogP contribution in [0.5, 0.6) is 0 Å². The third-order valence-corrected chi connectivity index (χ3v) is 1.49. The quantitative estimate of drug-likeness (QED) is 0.453. The zero-order chi connectivity index (χ0) is 8.53. The molecular weight excluding hydrogens is 168 g/mol. The van der Waals surface area contributed by atoms with Crippen molar-refractivity contribution >= 4 is 11.1 Å². The summed E-state index contributed by atoms with van der Waals surface area (Å²) in [6.07, 6.45) is 0. The minimum absolute atomic E-state index is 0.173. The normalized spacial score (nSPS) is 13.3. The molecule has 0 aromatic carbocycles. The predicted molar refractivity (Wildman–Crippen MR) is 43.0 cm³/mol. The van der Waals surface area contributed by atoms with Crippen LogP contribution in [0.4, 0.5) is 0 Å². The maximum atomic E-state index is 10.1. The second-order valence-corrected chi connectivity index (χ2v) is 2.89. The van der Waals surface area contributed by atoms with Crippen LogP contribution in [0.3, 0.4) is 0 Å². The van der Waals surface area contributed by atoms with Crippen molar-refractivity contribution in [3.8, 4) is 0 Å². The van der Waals surface area contributed by atoms with Crippen LogP contribution in [-0.4, -0.2) is 40.9 Å². The van der Waals surface area contributed by atoms with Crippen molar-refractivity contribution in [3.05, 3.63) is 0 Å². The number of hydrogen-bond donors (Lipinski definition) is 1. The molecule has 0 fully saturated rings. The van der Waals surface area contributed by atoms with Gasteiger partial charge in [-0.3, -0.25) is 0 Å². The number of rotatable bonds is 7. The molecule has 1 N–H and O–H groups in total. The van der Waals surface area contributed by atoms with Crippen LogP contribution in [0.15, 0.2) is 0 Å². The molecule has 0 aromatic heterocycles. The molecule has 0 amide bonds. The molecular formula is C6H14O4S. The summed E-state index contributed by atoms with van der Waals surface area (Å²) in [6, 6.07) is 0. The molecule has 0 saturated heterocycles. The lowest BCUT2D eigenvalue weighted by molar-refractivity contribution is 0.0590. The SMILES string of the molecule is CCOCCOCCS(=O)O. The highest BCUT2D eigenvalue weighted by Crippen LogP contribution is 1.80. The minimum atomic E-state index is -1.74. The molecule has 0 saturated carbocycles. The largest absolute Gasteiger partial charge is 0.379 e. The molecule has 1 unspecified atom stereocenters. The van der Waals surface area contributed by atoms with Gasteiger partial charge in [0, 0.05) is 6.61 Å². The molecule has 5 heteroatoms. The Labute approximate surface area is 69.2 Å². The first kappa shape index (κ1) is 11.0. The highest BCUT2D eigenvalue weighted by molar-refractivity contribution is 7.79. The molecule has 0 aliphatic rings. The average molecular weight is 182 g/mol. The van der Waals surface area contributed by atoms with E-state index in [1.165, 1.54) is 0 Å². The molecule has 0 aliphatic heterocycles. The first-order chi connectivity index (χ1) is 5.27. The van der Waals surface area contributed by atoms with E-state index in [9.17, 15) is 4.21 Å². The topological polar surface area (TPSA) is 55.8 Å². The molecule has 0 rings (SSSR count). The molecule has 1 atom stereocenters. The first-order valence-corrected chi connectivity index (χ1v) is 4.78. The van der Waals surface area contributed by atoms with Crippen LogP contribution in [0.1, 0.15) is 6.92 Å². The summed E-state index contributed by atoms with van der Waals surface area (Å²) in [7, 11) is 0. The fraction of sp³-hybridized carbons (Fsp3) is 1.00. The van der Waals surface area contributed by atoms with E-state index < -0.39 is 11.1 Å². The summed E-state index contributed by atoms with van der Waals surface area (Å²) in [5.74, 6) is 0.173. The highest BCUT2D eigenvalue weighted by Gasteiger charge is 1.92. The van der Waals surface area contributed by atoms with Gasteiger partial charge in [0.2, 0.25) is 0 Å². The fourth-order valence-corrected chi connectivity index (χ4v) is 0.755. The Morgan fingerprint density at radius 3 is 2.45 bits per heavy atom. The molecule has 0 radical (unpaired) electrons. The summed E-state index contributed by atoms with van der Waals surface area (Å²) in [5.41, 5.74) is 0. The lowest BCUT2D eigenvalue weighted by atomic mass is 10.7. The summed E-state index contributed by atoms with van der Waals surface area (Å²) < 4.78 is 28.3. The van der Waals surface area contributed by atoms with E-state index in [-0.39, 0.29) is 5.75 Å². The summed E-state index contributed by atoms with van der Waals surface area (Å²) in [4.78, 5) is 0. The van der Waals surface area contributed by atoms with Gasteiger partial charge in [-0.05, 0) is 6.92 Å². The minimum Gasteiger partial charge on any atom is -0.379 e.